The lowest BCUT2D eigenvalue weighted by Crippen LogP contribution is -2.25. The van der Waals surface area contributed by atoms with Gasteiger partial charge in [-0.2, -0.15) is 0 Å². The van der Waals surface area contributed by atoms with E-state index in [1.54, 1.807) is 17.8 Å². The summed E-state index contributed by atoms with van der Waals surface area (Å²) < 4.78 is 1.11. The molecule has 1 aromatic carbocycles. The minimum absolute atomic E-state index is 0.0711. The summed E-state index contributed by atoms with van der Waals surface area (Å²) >= 11 is 5.08. The molecule has 0 fully saturated rings. The van der Waals surface area contributed by atoms with Crippen molar-refractivity contribution in [1.29, 1.82) is 0 Å². The summed E-state index contributed by atoms with van der Waals surface area (Å²) in [5.74, 6) is 0.529. The van der Waals surface area contributed by atoms with E-state index in [2.05, 4.69) is 53.8 Å². The van der Waals surface area contributed by atoms with Crippen molar-refractivity contribution in [3.8, 4) is 0 Å². The van der Waals surface area contributed by atoms with Crippen molar-refractivity contribution in [2.75, 3.05) is 12.3 Å². The lowest BCUT2D eigenvalue weighted by atomic mass is 10.2. The maximum atomic E-state index is 11.6. The van der Waals surface area contributed by atoms with E-state index in [0.29, 0.717) is 12.3 Å². The summed E-state index contributed by atoms with van der Waals surface area (Å²) in [6.07, 6.45) is 2.61. The average molecular weight is 328 g/mol. The predicted molar refractivity (Wildman–Crippen MR) is 82.2 cm³/mol. The van der Waals surface area contributed by atoms with Gasteiger partial charge in [-0.25, -0.2) is 0 Å². The van der Waals surface area contributed by atoms with E-state index in [1.807, 2.05) is 0 Å². The number of benzene rings is 1. The molecule has 1 rings (SSSR count). The van der Waals surface area contributed by atoms with Gasteiger partial charge in [0.05, 0.1) is 5.75 Å². The first-order valence-corrected chi connectivity index (χ1v) is 7.59. The molecule has 0 bridgehead atoms. The van der Waals surface area contributed by atoms with Gasteiger partial charge in [0.2, 0.25) is 5.91 Å². The van der Waals surface area contributed by atoms with Crippen LogP contribution in [0.25, 0.3) is 0 Å². The van der Waals surface area contributed by atoms with Crippen molar-refractivity contribution in [3.63, 3.8) is 0 Å². The highest BCUT2D eigenvalue weighted by Gasteiger charge is 2.06. The normalized spacial score (nSPS) is 10.2. The largest absolute Gasteiger partial charge is 0.355 e. The predicted octanol–water partition coefficient (Wildman–Crippen LogP) is 3.85. The molecule has 1 N–H and O–H groups in total. The Bertz CT molecular complexity index is 446. The van der Waals surface area contributed by atoms with Crippen molar-refractivity contribution >= 4 is 33.6 Å². The molecule has 4 heteroatoms. The molecule has 0 spiro atoms. The number of aryl methyl sites for hydroxylation is 2. The third-order valence-corrected chi connectivity index (χ3v) is 4.50. The van der Waals surface area contributed by atoms with Gasteiger partial charge < -0.3 is 5.32 Å². The average Bonchev–Trinajstić information content (AvgIpc) is 2.32. The molecule has 1 amide bonds. The van der Waals surface area contributed by atoms with Crippen LogP contribution in [0.2, 0.25) is 0 Å². The summed E-state index contributed by atoms with van der Waals surface area (Å²) in [7, 11) is 0. The number of halogens is 1. The zero-order chi connectivity index (χ0) is 13.5. The van der Waals surface area contributed by atoms with Crippen LogP contribution in [0.5, 0.6) is 0 Å². The fraction of sp³-hybridized carbons (Fsp3) is 0.357. The monoisotopic (exact) mass is 327 g/mol. The standard InChI is InChI=1S/C14H18BrNOS/c1-4-5-6-16-14(17)9-18-13-8-10(2)12(15)7-11(13)3/h4,7-8H,1,5-6,9H2,2-3H3,(H,16,17). The van der Waals surface area contributed by atoms with Gasteiger partial charge in [0.15, 0.2) is 0 Å². The first kappa shape index (κ1) is 15.3. The van der Waals surface area contributed by atoms with E-state index >= 15 is 0 Å². The summed E-state index contributed by atoms with van der Waals surface area (Å²) in [5.41, 5.74) is 2.38. The molecule has 0 aliphatic heterocycles. The molecule has 2 nitrogen and oxygen atoms in total. The van der Waals surface area contributed by atoms with Gasteiger partial charge in [-0.15, -0.1) is 18.3 Å². The minimum Gasteiger partial charge on any atom is -0.355 e. The molecule has 0 unspecified atom stereocenters. The van der Waals surface area contributed by atoms with Gasteiger partial charge in [-0.05, 0) is 43.5 Å². The molecule has 0 aliphatic carbocycles. The molecule has 1 aromatic rings. The van der Waals surface area contributed by atoms with E-state index in [9.17, 15) is 4.79 Å². The Balaban J connectivity index is 2.50. The van der Waals surface area contributed by atoms with Crippen LogP contribution in [0.4, 0.5) is 0 Å². The zero-order valence-corrected chi connectivity index (χ0v) is 13.2. The second-order valence-corrected chi connectivity index (χ2v) is 5.95. The fourth-order valence-electron chi connectivity index (χ4n) is 1.42. The topological polar surface area (TPSA) is 29.1 Å². The molecule has 0 radical (unpaired) electrons. The van der Waals surface area contributed by atoms with Crippen LogP contribution >= 0.6 is 27.7 Å². The summed E-state index contributed by atoms with van der Waals surface area (Å²) in [4.78, 5) is 12.7. The molecular formula is C14H18BrNOS. The molecular weight excluding hydrogens is 310 g/mol. The van der Waals surface area contributed by atoms with Gasteiger partial charge in [0.1, 0.15) is 0 Å². The van der Waals surface area contributed by atoms with Crippen molar-refractivity contribution in [3.05, 3.63) is 40.4 Å². The van der Waals surface area contributed by atoms with Gasteiger partial charge in [-0.1, -0.05) is 22.0 Å². The molecule has 0 aromatic heterocycles. The van der Waals surface area contributed by atoms with Crippen molar-refractivity contribution in [2.45, 2.75) is 25.2 Å². The number of hydrogen-bond donors (Lipinski definition) is 1. The number of rotatable bonds is 6. The number of nitrogens with one attached hydrogen (secondary N) is 1. The van der Waals surface area contributed by atoms with Gasteiger partial charge >= 0.3 is 0 Å². The third kappa shape index (κ3) is 4.86. The Morgan fingerprint density at radius 1 is 1.44 bits per heavy atom. The maximum Gasteiger partial charge on any atom is 0.230 e. The lowest BCUT2D eigenvalue weighted by Gasteiger charge is -2.08. The second kappa shape index (κ2) is 7.64. The van der Waals surface area contributed by atoms with Crippen molar-refractivity contribution < 1.29 is 4.79 Å². The Morgan fingerprint density at radius 2 is 2.17 bits per heavy atom. The van der Waals surface area contributed by atoms with Crippen LogP contribution in [0, 0.1) is 13.8 Å². The van der Waals surface area contributed by atoms with E-state index < -0.39 is 0 Å². The van der Waals surface area contributed by atoms with Crippen molar-refractivity contribution in [1.82, 2.24) is 5.32 Å². The first-order valence-electron chi connectivity index (χ1n) is 5.81. The van der Waals surface area contributed by atoms with Crippen LogP contribution < -0.4 is 5.32 Å². The first-order chi connectivity index (χ1) is 8.54. The van der Waals surface area contributed by atoms with Crippen LogP contribution in [-0.4, -0.2) is 18.2 Å². The van der Waals surface area contributed by atoms with E-state index in [4.69, 9.17) is 0 Å². The molecule has 0 saturated heterocycles. The Labute approximate surface area is 121 Å². The SMILES string of the molecule is C=CCCNC(=O)CSc1cc(C)c(Br)cc1C. The molecule has 18 heavy (non-hydrogen) atoms. The third-order valence-electron chi connectivity index (χ3n) is 2.49. The highest BCUT2D eigenvalue weighted by molar-refractivity contribution is 9.10. The number of hydrogen-bond acceptors (Lipinski definition) is 2. The molecule has 0 atom stereocenters. The van der Waals surface area contributed by atoms with Gasteiger partial charge in [-0.3, -0.25) is 4.79 Å². The van der Waals surface area contributed by atoms with Crippen molar-refractivity contribution in [2.24, 2.45) is 0 Å². The molecule has 0 saturated carbocycles. The Hall–Kier alpha value is -0.740. The van der Waals surface area contributed by atoms with E-state index in [1.165, 1.54) is 11.1 Å². The van der Waals surface area contributed by atoms with Gasteiger partial charge in [0.25, 0.3) is 0 Å². The van der Waals surface area contributed by atoms with Crippen LogP contribution in [-0.2, 0) is 4.79 Å². The molecule has 98 valence electrons. The summed E-state index contributed by atoms with van der Waals surface area (Å²) in [5, 5.41) is 2.86. The smallest absolute Gasteiger partial charge is 0.230 e. The quantitative estimate of drug-likeness (QED) is 0.488. The number of amides is 1. The minimum atomic E-state index is 0.0711. The zero-order valence-electron chi connectivity index (χ0n) is 10.8. The maximum absolute atomic E-state index is 11.6. The summed E-state index contributed by atoms with van der Waals surface area (Å²) in [6, 6.07) is 4.20. The Morgan fingerprint density at radius 3 is 2.83 bits per heavy atom. The molecule has 0 aliphatic rings. The van der Waals surface area contributed by atoms with Crippen LogP contribution in [0.1, 0.15) is 17.5 Å². The van der Waals surface area contributed by atoms with Gasteiger partial charge in [0, 0.05) is 15.9 Å². The van der Waals surface area contributed by atoms with E-state index in [0.717, 1.165) is 15.8 Å². The number of carbonyl (C=O) groups excluding carboxylic acids is 1. The highest BCUT2D eigenvalue weighted by Crippen LogP contribution is 2.28. The van der Waals surface area contributed by atoms with Crippen LogP contribution in [0.3, 0.4) is 0 Å². The second-order valence-electron chi connectivity index (χ2n) is 4.08. The highest BCUT2D eigenvalue weighted by atomic mass is 79.9. The number of thioether (sulfide) groups is 1. The van der Waals surface area contributed by atoms with E-state index in [-0.39, 0.29) is 5.91 Å². The molecule has 0 heterocycles. The Kier molecular flexibility index (Phi) is 6.50. The number of carbonyl (C=O) groups is 1. The van der Waals surface area contributed by atoms with Crippen LogP contribution in [0.15, 0.2) is 34.2 Å². The summed E-state index contributed by atoms with van der Waals surface area (Å²) in [6.45, 7) is 8.40. The fourth-order valence-corrected chi connectivity index (χ4v) is 2.81. The lowest BCUT2D eigenvalue weighted by molar-refractivity contribution is -0.118.